The molecule has 0 spiro atoms. The average Bonchev–Trinajstić information content (AvgIpc) is 1.80. The van der Waals surface area contributed by atoms with Crippen LogP contribution in [0.15, 0.2) is 0 Å². The van der Waals surface area contributed by atoms with Gasteiger partial charge in [-0.15, -0.1) is 11.8 Å². The van der Waals surface area contributed by atoms with Crippen molar-refractivity contribution in [1.82, 2.24) is 4.90 Å². The van der Waals surface area contributed by atoms with Crippen molar-refractivity contribution < 1.29 is 9.59 Å². The van der Waals surface area contributed by atoms with E-state index in [1.54, 1.807) is 0 Å². The summed E-state index contributed by atoms with van der Waals surface area (Å²) in [7, 11) is 0. The summed E-state index contributed by atoms with van der Waals surface area (Å²) in [5.74, 6) is -0.192. The largest absolute Gasteiger partial charge is 0.275 e. The number of thioether (sulfide) groups is 1. The number of amides is 2. The van der Waals surface area contributed by atoms with Gasteiger partial charge in [0.05, 0.1) is 11.8 Å². The van der Waals surface area contributed by atoms with E-state index in [1.807, 2.05) is 6.26 Å². The molecule has 1 saturated heterocycles. The molecule has 0 bridgehead atoms. The molecule has 0 N–H and O–H groups in total. The first-order valence-electron chi connectivity index (χ1n) is 3.02. The number of nitrogens with zero attached hydrogens (tertiary/aromatic N) is 1. The molecule has 1 rings (SSSR count). The first kappa shape index (κ1) is 7.60. The molecular weight excluding hydrogens is 150 g/mol. The number of β-lactam (4-membered cyclic amide) rings is 1. The van der Waals surface area contributed by atoms with Crippen molar-refractivity contribution in [2.75, 3.05) is 6.26 Å². The first-order valence-corrected chi connectivity index (χ1v) is 4.31. The van der Waals surface area contributed by atoms with Crippen LogP contribution in [0, 0.1) is 0 Å². The molecule has 1 heterocycles. The van der Waals surface area contributed by atoms with Gasteiger partial charge in [0.15, 0.2) is 0 Å². The van der Waals surface area contributed by atoms with Crippen molar-refractivity contribution in [3.63, 3.8) is 0 Å². The number of carbonyl (C=O) groups excluding carboxylic acids is 2. The number of likely N-dealkylation sites (tertiary alicyclic amines) is 1. The van der Waals surface area contributed by atoms with Gasteiger partial charge in [0, 0.05) is 6.92 Å². The van der Waals surface area contributed by atoms with Crippen LogP contribution < -0.4 is 0 Å². The molecule has 1 aliphatic rings. The maximum Gasteiger partial charge on any atom is 0.233 e. The Balaban J connectivity index is 2.56. The third-order valence-corrected chi connectivity index (χ3v) is 2.44. The van der Waals surface area contributed by atoms with Gasteiger partial charge in [-0.2, -0.15) is 0 Å². The minimum atomic E-state index is -0.143. The van der Waals surface area contributed by atoms with Crippen LogP contribution >= 0.6 is 11.8 Å². The molecular formula is C6H9NO2S. The third-order valence-electron chi connectivity index (χ3n) is 1.52. The molecule has 0 aromatic rings. The van der Waals surface area contributed by atoms with Gasteiger partial charge in [-0.1, -0.05) is 0 Å². The molecule has 0 radical (unpaired) electrons. The zero-order valence-electron chi connectivity index (χ0n) is 5.96. The molecule has 1 unspecified atom stereocenters. The van der Waals surface area contributed by atoms with Gasteiger partial charge in [-0.05, 0) is 6.26 Å². The molecule has 0 aromatic heterocycles. The molecule has 0 aliphatic carbocycles. The molecule has 4 heteroatoms. The van der Waals surface area contributed by atoms with E-state index in [1.165, 1.54) is 23.6 Å². The van der Waals surface area contributed by atoms with Crippen LogP contribution in [0.5, 0.6) is 0 Å². The smallest absolute Gasteiger partial charge is 0.233 e. The minimum Gasteiger partial charge on any atom is -0.275 e. The van der Waals surface area contributed by atoms with Gasteiger partial charge < -0.3 is 0 Å². The number of rotatable bonds is 1. The van der Waals surface area contributed by atoms with Crippen LogP contribution in [-0.2, 0) is 9.59 Å². The average molecular weight is 159 g/mol. The predicted octanol–water partition coefficient (Wildman–Crippen LogP) is 0.454. The summed E-state index contributed by atoms with van der Waals surface area (Å²) in [5.41, 5.74) is 0. The molecule has 3 nitrogen and oxygen atoms in total. The number of imide groups is 1. The normalized spacial score (nSPS) is 24.4. The van der Waals surface area contributed by atoms with Gasteiger partial charge in [-0.25, -0.2) is 0 Å². The quantitative estimate of drug-likeness (QED) is 0.521. The summed E-state index contributed by atoms with van der Waals surface area (Å²) in [6.07, 6.45) is 2.41. The summed E-state index contributed by atoms with van der Waals surface area (Å²) < 4.78 is 0. The summed E-state index contributed by atoms with van der Waals surface area (Å²) in [6.45, 7) is 1.42. The van der Waals surface area contributed by atoms with Crippen LogP contribution in [-0.4, -0.2) is 28.3 Å². The van der Waals surface area contributed by atoms with E-state index in [-0.39, 0.29) is 17.2 Å². The Labute approximate surface area is 63.8 Å². The third kappa shape index (κ3) is 1.03. The Kier molecular flexibility index (Phi) is 1.99. The van der Waals surface area contributed by atoms with Crippen LogP contribution in [0.3, 0.4) is 0 Å². The van der Waals surface area contributed by atoms with Crippen molar-refractivity contribution in [1.29, 1.82) is 0 Å². The van der Waals surface area contributed by atoms with Crippen molar-refractivity contribution in [2.24, 2.45) is 0 Å². The molecule has 2 amide bonds. The standard InChI is InChI=1S/C6H9NO2S/c1-4(8)7-5(9)3-6(7)10-2/h6H,3H2,1-2H3. The van der Waals surface area contributed by atoms with E-state index in [4.69, 9.17) is 0 Å². The highest BCUT2D eigenvalue weighted by molar-refractivity contribution is 7.99. The van der Waals surface area contributed by atoms with Crippen LogP contribution in [0.2, 0.25) is 0 Å². The first-order chi connectivity index (χ1) is 4.66. The highest BCUT2D eigenvalue weighted by Crippen LogP contribution is 2.27. The number of hydrogen-bond acceptors (Lipinski definition) is 3. The van der Waals surface area contributed by atoms with Gasteiger partial charge in [0.25, 0.3) is 0 Å². The van der Waals surface area contributed by atoms with Crippen molar-refractivity contribution in [3.05, 3.63) is 0 Å². The molecule has 1 atom stereocenters. The van der Waals surface area contributed by atoms with Crippen molar-refractivity contribution in [3.8, 4) is 0 Å². The van der Waals surface area contributed by atoms with Gasteiger partial charge in [0.1, 0.15) is 0 Å². The Morgan fingerprint density at radius 1 is 1.80 bits per heavy atom. The van der Waals surface area contributed by atoms with E-state index < -0.39 is 0 Å². The van der Waals surface area contributed by atoms with Crippen molar-refractivity contribution >= 4 is 23.6 Å². The lowest BCUT2D eigenvalue weighted by Crippen LogP contribution is -2.52. The summed E-state index contributed by atoms with van der Waals surface area (Å²) >= 11 is 1.54. The summed E-state index contributed by atoms with van der Waals surface area (Å²) in [5, 5.41) is 0.102. The minimum absolute atomic E-state index is 0.0492. The molecule has 10 heavy (non-hydrogen) atoms. The lowest BCUT2D eigenvalue weighted by Gasteiger charge is -2.36. The number of carbonyl (C=O) groups is 2. The summed E-state index contributed by atoms with van der Waals surface area (Å²) in [6, 6.07) is 0. The Hall–Kier alpha value is -0.510. The fraction of sp³-hybridized carbons (Fsp3) is 0.667. The van der Waals surface area contributed by atoms with Gasteiger partial charge in [-0.3, -0.25) is 14.5 Å². The zero-order chi connectivity index (χ0) is 7.72. The van der Waals surface area contributed by atoms with Crippen LogP contribution in [0.1, 0.15) is 13.3 Å². The highest BCUT2D eigenvalue weighted by atomic mass is 32.2. The molecule has 1 aliphatic heterocycles. The van der Waals surface area contributed by atoms with Gasteiger partial charge >= 0.3 is 0 Å². The Morgan fingerprint density at radius 3 is 2.60 bits per heavy atom. The second-order valence-electron chi connectivity index (χ2n) is 2.18. The van der Waals surface area contributed by atoms with Crippen molar-refractivity contribution in [2.45, 2.75) is 18.7 Å². The predicted molar refractivity (Wildman–Crippen MR) is 39.4 cm³/mol. The Morgan fingerprint density at radius 2 is 2.40 bits per heavy atom. The van der Waals surface area contributed by atoms with Crippen LogP contribution in [0.25, 0.3) is 0 Å². The number of hydrogen-bond donors (Lipinski definition) is 0. The maximum absolute atomic E-state index is 10.7. The molecule has 0 saturated carbocycles. The fourth-order valence-electron chi connectivity index (χ4n) is 0.954. The molecule has 56 valence electrons. The molecule has 1 fully saturated rings. The molecule has 0 aromatic carbocycles. The second-order valence-corrected chi connectivity index (χ2v) is 3.19. The van der Waals surface area contributed by atoms with Crippen LogP contribution in [0.4, 0.5) is 0 Å². The zero-order valence-corrected chi connectivity index (χ0v) is 6.77. The van der Waals surface area contributed by atoms with E-state index in [2.05, 4.69) is 0 Å². The summed E-state index contributed by atoms with van der Waals surface area (Å²) in [4.78, 5) is 22.7. The highest BCUT2D eigenvalue weighted by Gasteiger charge is 2.38. The maximum atomic E-state index is 10.7. The monoisotopic (exact) mass is 159 g/mol. The SMILES string of the molecule is CSC1CC(=O)N1C(C)=O. The lowest BCUT2D eigenvalue weighted by atomic mass is 10.2. The topological polar surface area (TPSA) is 37.4 Å². The second kappa shape index (κ2) is 2.62. The van der Waals surface area contributed by atoms with E-state index in [9.17, 15) is 9.59 Å². The van der Waals surface area contributed by atoms with Gasteiger partial charge in [0.2, 0.25) is 11.8 Å². The van der Waals surface area contributed by atoms with E-state index in [0.717, 1.165) is 0 Å². The van der Waals surface area contributed by atoms with E-state index >= 15 is 0 Å². The Bertz CT molecular complexity index is 173. The lowest BCUT2D eigenvalue weighted by molar-refractivity contribution is -0.152. The van der Waals surface area contributed by atoms with E-state index in [0.29, 0.717) is 6.42 Å². The fourth-order valence-corrected chi connectivity index (χ4v) is 1.74.